The highest BCUT2D eigenvalue weighted by atomic mass is 16.6. The summed E-state index contributed by atoms with van der Waals surface area (Å²) in [5, 5.41) is 13.7. The Labute approximate surface area is 117 Å². The van der Waals surface area contributed by atoms with Crippen LogP contribution in [0.3, 0.4) is 0 Å². The summed E-state index contributed by atoms with van der Waals surface area (Å²) < 4.78 is 5.76. The molecule has 7 nitrogen and oxygen atoms in total. The van der Waals surface area contributed by atoms with Gasteiger partial charge in [0.15, 0.2) is 0 Å². The predicted molar refractivity (Wildman–Crippen MR) is 76.6 cm³/mol. The summed E-state index contributed by atoms with van der Waals surface area (Å²) in [6, 6.07) is 2.61. The van der Waals surface area contributed by atoms with Crippen molar-refractivity contribution in [3.8, 4) is 0 Å². The number of aromatic nitrogens is 1. The number of hydrogen-bond donors (Lipinski definition) is 2. The summed E-state index contributed by atoms with van der Waals surface area (Å²) >= 11 is 0. The molecule has 3 N–H and O–H groups in total. The van der Waals surface area contributed by atoms with Crippen LogP contribution in [-0.2, 0) is 4.74 Å². The van der Waals surface area contributed by atoms with Crippen LogP contribution in [0.5, 0.6) is 0 Å². The first-order valence-corrected chi connectivity index (χ1v) is 6.92. The lowest BCUT2D eigenvalue weighted by molar-refractivity contribution is -0.384. The highest BCUT2D eigenvalue weighted by Crippen LogP contribution is 2.20. The van der Waals surface area contributed by atoms with Crippen molar-refractivity contribution in [2.45, 2.75) is 38.2 Å². The molecule has 1 aliphatic rings. The molecule has 0 unspecified atom stereocenters. The number of nitro groups is 1. The van der Waals surface area contributed by atoms with Crippen LogP contribution in [0.4, 0.5) is 17.3 Å². The van der Waals surface area contributed by atoms with E-state index in [0.29, 0.717) is 25.1 Å². The molecule has 0 saturated heterocycles. The number of nitrogens with two attached hydrogens (primary N) is 1. The molecule has 1 saturated carbocycles. The fraction of sp³-hybridized carbons (Fsp3) is 0.615. The van der Waals surface area contributed by atoms with Gasteiger partial charge < -0.3 is 15.8 Å². The van der Waals surface area contributed by atoms with Crippen LogP contribution in [0.1, 0.15) is 32.1 Å². The monoisotopic (exact) mass is 280 g/mol. The van der Waals surface area contributed by atoms with E-state index in [1.54, 1.807) is 0 Å². The van der Waals surface area contributed by atoms with Gasteiger partial charge in [0.2, 0.25) is 0 Å². The van der Waals surface area contributed by atoms with Crippen molar-refractivity contribution in [3.05, 3.63) is 22.2 Å². The Balaban J connectivity index is 1.77. The van der Waals surface area contributed by atoms with Gasteiger partial charge in [-0.15, -0.1) is 0 Å². The summed E-state index contributed by atoms with van der Waals surface area (Å²) in [6.07, 6.45) is 6.38. The Morgan fingerprint density at radius 2 is 2.15 bits per heavy atom. The largest absolute Gasteiger partial charge is 0.383 e. The lowest BCUT2D eigenvalue weighted by Gasteiger charge is -2.22. The lowest BCUT2D eigenvalue weighted by Crippen LogP contribution is -2.20. The maximum absolute atomic E-state index is 10.7. The van der Waals surface area contributed by atoms with Crippen molar-refractivity contribution >= 4 is 17.3 Å². The minimum absolute atomic E-state index is 0.0619. The molecule has 110 valence electrons. The van der Waals surface area contributed by atoms with Gasteiger partial charge in [0.25, 0.3) is 5.69 Å². The van der Waals surface area contributed by atoms with Gasteiger partial charge in [0.05, 0.1) is 29.8 Å². The summed E-state index contributed by atoms with van der Waals surface area (Å²) in [7, 11) is 0. The van der Waals surface area contributed by atoms with E-state index in [1.807, 2.05) is 0 Å². The van der Waals surface area contributed by atoms with Gasteiger partial charge in [-0.25, -0.2) is 4.98 Å². The van der Waals surface area contributed by atoms with Gasteiger partial charge in [0.1, 0.15) is 11.6 Å². The molecule has 0 aliphatic heterocycles. The number of anilines is 2. The van der Waals surface area contributed by atoms with Crippen molar-refractivity contribution in [1.82, 2.24) is 4.98 Å². The topological polar surface area (TPSA) is 103 Å². The number of pyridine rings is 1. The van der Waals surface area contributed by atoms with Gasteiger partial charge in [-0.05, 0) is 12.8 Å². The smallest absolute Gasteiger partial charge is 0.276 e. The minimum Gasteiger partial charge on any atom is -0.383 e. The number of nitrogen functional groups attached to an aromatic ring is 1. The highest BCUT2D eigenvalue weighted by molar-refractivity contribution is 5.52. The Morgan fingerprint density at radius 3 is 2.85 bits per heavy atom. The number of rotatable bonds is 6. The Kier molecular flexibility index (Phi) is 5.11. The molecule has 0 spiro atoms. The van der Waals surface area contributed by atoms with E-state index in [2.05, 4.69) is 10.3 Å². The minimum atomic E-state index is -0.484. The summed E-state index contributed by atoms with van der Waals surface area (Å²) in [4.78, 5) is 14.2. The first-order chi connectivity index (χ1) is 9.65. The number of nitrogens with zero attached hydrogens (tertiary/aromatic N) is 2. The predicted octanol–water partition coefficient (Wildman–Crippen LogP) is 2.33. The molecule has 0 bridgehead atoms. The molecule has 7 heteroatoms. The van der Waals surface area contributed by atoms with E-state index in [9.17, 15) is 10.1 Å². The summed E-state index contributed by atoms with van der Waals surface area (Å²) in [5.74, 6) is 0.541. The van der Waals surface area contributed by atoms with Crippen LogP contribution < -0.4 is 11.1 Å². The zero-order valence-corrected chi connectivity index (χ0v) is 11.4. The standard InChI is InChI=1S/C13H20N4O3/c14-12-8-10(17(18)19)9-13(16-12)15-6-7-20-11-4-2-1-3-5-11/h8-9,11H,1-7H2,(H3,14,15,16). The molecular formula is C13H20N4O3. The van der Waals surface area contributed by atoms with E-state index in [1.165, 1.54) is 31.4 Å². The fourth-order valence-corrected chi connectivity index (χ4v) is 2.37. The lowest BCUT2D eigenvalue weighted by atomic mass is 9.98. The van der Waals surface area contributed by atoms with Crippen LogP contribution in [0.15, 0.2) is 12.1 Å². The average molecular weight is 280 g/mol. The van der Waals surface area contributed by atoms with Gasteiger partial charge in [0, 0.05) is 6.54 Å². The first-order valence-electron chi connectivity index (χ1n) is 6.92. The van der Waals surface area contributed by atoms with Crippen LogP contribution in [0, 0.1) is 10.1 Å². The number of ether oxygens (including phenoxy) is 1. The Morgan fingerprint density at radius 1 is 1.40 bits per heavy atom. The maximum atomic E-state index is 10.7. The van der Waals surface area contributed by atoms with Crippen molar-refractivity contribution in [2.24, 2.45) is 0 Å². The van der Waals surface area contributed by atoms with Crippen LogP contribution >= 0.6 is 0 Å². The zero-order valence-electron chi connectivity index (χ0n) is 11.4. The first kappa shape index (κ1) is 14.5. The number of nitrogens with one attached hydrogen (secondary N) is 1. The Hall–Kier alpha value is -1.89. The van der Waals surface area contributed by atoms with E-state index in [0.717, 1.165) is 12.8 Å². The van der Waals surface area contributed by atoms with E-state index in [4.69, 9.17) is 10.5 Å². The third-order valence-electron chi connectivity index (χ3n) is 3.35. The van der Waals surface area contributed by atoms with Crippen molar-refractivity contribution in [3.63, 3.8) is 0 Å². The normalized spacial score (nSPS) is 16.0. The fourth-order valence-electron chi connectivity index (χ4n) is 2.37. The Bertz CT molecular complexity index is 461. The number of hydrogen-bond acceptors (Lipinski definition) is 6. The second kappa shape index (κ2) is 7.04. The van der Waals surface area contributed by atoms with Crippen molar-refractivity contribution in [1.29, 1.82) is 0 Å². The molecule has 1 aliphatic carbocycles. The highest BCUT2D eigenvalue weighted by Gasteiger charge is 2.13. The molecule has 2 rings (SSSR count). The van der Waals surface area contributed by atoms with Crippen LogP contribution in [0.2, 0.25) is 0 Å². The summed E-state index contributed by atoms with van der Waals surface area (Å²) in [5.41, 5.74) is 5.47. The van der Waals surface area contributed by atoms with E-state index >= 15 is 0 Å². The molecule has 1 fully saturated rings. The van der Waals surface area contributed by atoms with Gasteiger partial charge in [-0.2, -0.15) is 0 Å². The molecule has 1 aromatic heterocycles. The van der Waals surface area contributed by atoms with E-state index in [-0.39, 0.29) is 11.5 Å². The maximum Gasteiger partial charge on any atom is 0.276 e. The third-order valence-corrected chi connectivity index (χ3v) is 3.35. The second-order valence-electron chi connectivity index (χ2n) is 4.95. The van der Waals surface area contributed by atoms with Crippen molar-refractivity contribution < 1.29 is 9.66 Å². The van der Waals surface area contributed by atoms with Gasteiger partial charge in [-0.3, -0.25) is 10.1 Å². The molecule has 0 aromatic carbocycles. The van der Waals surface area contributed by atoms with Crippen LogP contribution in [-0.4, -0.2) is 29.2 Å². The molecule has 20 heavy (non-hydrogen) atoms. The summed E-state index contributed by atoms with van der Waals surface area (Å²) in [6.45, 7) is 1.12. The zero-order chi connectivity index (χ0) is 14.4. The molecular weight excluding hydrogens is 260 g/mol. The average Bonchev–Trinajstić information content (AvgIpc) is 2.44. The van der Waals surface area contributed by atoms with Gasteiger partial charge in [-0.1, -0.05) is 19.3 Å². The third kappa shape index (κ3) is 4.34. The van der Waals surface area contributed by atoms with Crippen molar-refractivity contribution in [2.75, 3.05) is 24.2 Å². The SMILES string of the molecule is Nc1cc([N+](=O)[O-])cc(NCCOC2CCCCC2)n1. The van der Waals surface area contributed by atoms with Gasteiger partial charge >= 0.3 is 0 Å². The molecule has 0 amide bonds. The molecule has 1 heterocycles. The molecule has 0 atom stereocenters. The van der Waals surface area contributed by atoms with Crippen LogP contribution in [0.25, 0.3) is 0 Å². The quantitative estimate of drug-likeness (QED) is 0.471. The molecule has 1 aromatic rings. The second-order valence-corrected chi connectivity index (χ2v) is 4.95. The molecule has 0 radical (unpaired) electrons. The van der Waals surface area contributed by atoms with E-state index < -0.39 is 4.92 Å².